The average molecular weight is 414 g/mol. The second-order valence-corrected chi connectivity index (χ2v) is 8.91. The van der Waals surface area contributed by atoms with E-state index in [4.69, 9.17) is 14.2 Å². The molecule has 1 fully saturated rings. The number of rotatable bonds is 6. The molecule has 1 saturated heterocycles. The minimum absolute atomic E-state index is 0.0118. The van der Waals surface area contributed by atoms with Crippen LogP contribution >= 0.6 is 0 Å². The molecule has 0 bridgehead atoms. The number of hydrogen-bond acceptors (Lipinski definition) is 7. The van der Waals surface area contributed by atoms with Gasteiger partial charge < -0.3 is 19.1 Å². The highest BCUT2D eigenvalue weighted by Crippen LogP contribution is 2.27. The molecular weight excluding hydrogens is 388 g/mol. The highest BCUT2D eigenvalue weighted by atomic mass is 32.2. The number of morpholine rings is 1. The molecule has 0 unspecified atom stereocenters. The van der Waals surface area contributed by atoms with Crippen LogP contribution in [0.4, 0.5) is 0 Å². The molecule has 10 heteroatoms. The smallest absolute Gasteiger partial charge is 0.338 e. The van der Waals surface area contributed by atoms with E-state index in [0.717, 1.165) is 4.31 Å². The number of esters is 1. The van der Waals surface area contributed by atoms with Crippen molar-refractivity contribution in [1.82, 2.24) is 9.21 Å². The summed E-state index contributed by atoms with van der Waals surface area (Å²) in [6.07, 6.45) is -0.187. The quantitative estimate of drug-likeness (QED) is 0.633. The number of benzene rings is 1. The number of ether oxygens (including phenoxy) is 3. The fourth-order valence-electron chi connectivity index (χ4n) is 2.89. The normalized spacial score (nSPS) is 20.1. The Hall–Kier alpha value is -2.17. The van der Waals surface area contributed by atoms with E-state index in [-0.39, 0.29) is 34.3 Å². The van der Waals surface area contributed by atoms with Gasteiger partial charge in [0.25, 0.3) is 5.91 Å². The number of sulfonamides is 1. The van der Waals surface area contributed by atoms with Crippen LogP contribution in [0.2, 0.25) is 0 Å². The Morgan fingerprint density at radius 2 is 1.82 bits per heavy atom. The Balaban J connectivity index is 2.11. The van der Waals surface area contributed by atoms with Gasteiger partial charge in [0.15, 0.2) is 6.61 Å². The number of hydrogen-bond donors (Lipinski definition) is 0. The fourth-order valence-corrected chi connectivity index (χ4v) is 3.96. The van der Waals surface area contributed by atoms with Gasteiger partial charge in [-0.2, -0.15) is 0 Å². The lowest BCUT2D eigenvalue weighted by Crippen LogP contribution is -2.49. The number of amides is 1. The van der Waals surface area contributed by atoms with Crippen molar-refractivity contribution >= 4 is 21.9 Å². The van der Waals surface area contributed by atoms with Crippen molar-refractivity contribution in [2.24, 2.45) is 0 Å². The Morgan fingerprint density at radius 1 is 1.21 bits per heavy atom. The lowest BCUT2D eigenvalue weighted by molar-refractivity contribution is -0.146. The molecule has 0 radical (unpaired) electrons. The maximum Gasteiger partial charge on any atom is 0.338 e. The largest absolute Gasteiger partial charge is 0.495 e. The van der Waals surface area contributed by atoms with Gasteiger partial charge in [0.05, 0.1) is 24.9 Å². The summed E-state index contributed by atoms with van der Waals surface area (Å²) in [5.74, 6) is -1.01. The van der Waals surface area contributed by atoms with Crippen molar-refractivity contribution < 1.29 is 32.2 Å². The molecule has 1 heterocycles. The summed E-state index contributed by atoms with van der Waals surface area (Å²) in [7, 11) is 0.269. The molecule has 0 spiro atoms. The first-order chi connectivity index (χ1) is 13.1. The topological polar surface area (TPSA) is 102 Å². The molecule has 2 atom stereocenters. The van der Waals surface area contributed by atoms with Crippen LogP contribution < -0.4 is 4.74 Å². The van der Waals surface area contributed by atoms with Gasteiger partial charge in [0, 0.05) is 27.2 Å². The lowest BCUT2D eigenvalue weighted by atomic mass is 10.2. The van der Waals surface area contributed by atoms with E-state index in [2.05, 4.69) is 0 Å². The zero-order chi connectivity index (χ0) is 21.1. The summed E-state index contributed by atoms with van der Waals surface area (Å²) in [5.41, 5.74) is 0.0118. The van der Waals surface area contributed by atoms with Crippen molar-refractivity contribution in [3.63, 3.8) is 0 Å². The van der Waals surface area contributed by atoms with Gasteiger partial charge >= 0.3 is 5.97 Å². The van der Waals surface area contributed by atoms with Gasteiger partial charge in [-0.15, -0.1) is 0 Å². The molecule has 0 N–H and O–H groups in total. The van der Waals surface area contributed by atoms with Crippen molar-refractivity contribution in [3.8, 4) is 5.75 Å². The van der Waals surface area contributed by atoms with Crippen molar-refractivity contribution in [2.75, 3.05) is 40.9 Å². The third kappa shape index (κ3) is 5.00. The van der Waals surface area contributed by atoms with Gasteiger partial charge in [0.2, 0.25) is 10.0 Å². The maximum absolute atomic E-state index is 12.4. The third-order valence-electron chi connectivity index (χ3n) is 4.26. The van der Waals surface area contributed by atoms with Gasteiger partial charge in [-0.1, -0.05) is 0 Å². The minimum atomic E-state index is -3.82. The highest BCUT2D eigenvalue weighted by Gasteiger charge is 2.27. The Morgan fingerprint density at radius 3 is 2.36 bits per heavy atom. The van der Waals surface area contributed by atoms with Crippen molar-refractivity contribution in [1.29, 1.82) is 0 Å². The Labute approximate surface area is 165 Å². The number of nitrogens with zero attached hydrogens (tertiary/aromatic N) is 2. The van der Waals surface area contributed by atoms with Crippen LogP contribution in [0.1, 0.15) is 24.2 Å². The summed E-state index contributed by atoms with van der Waals surface area (Å²) in [5, 5.41) is 0. The second kappa shape index (κ2) is 8.89. The van der Waals surface area contributed by atoms with E-state index in [0.29, 0.717) is 13.1 Å². The SMILES string of the molecule is COc1ccc(C(=O)OCC(=O)N2C[C@@H](C)O[C@@H](C)C2)cc1S(=O)(=O)N(C)C. The molecule has 156 valence electrons. The van der Waals surface area contributed by atoms with E-state index < -0.39 is 22.6 Å². The Bertz CT molecular complexity index is 828. The van der Waals surface area contributed by atoms with Crippen LogP contribution in [0.3, 0.4) is 0 Å². The summed E-state index contributed by atoms with van der Waals surface area (Å²) >= 11 is 0. The minimum Gasteiger partial charge on any atom is -0.495 e. The zero-order valence-corrected chi connectivity index (χ0v) is 17.5. The van der Waals surface area contributed by atoms with Crippen molar-refractivity contribution in [2.45, 2.75) is 31.0 Å². The summed E-state index contributed by atoms with van der Waals surface area (Å²) in [4.78, 5) is 26.1. The van der Waals surface area contributed by atoms with Crippen LogP contribution in [-0.4, -0.2) is 82.6 Å². The first-order valence-electron chi connectivity index (χ1n) is 8.77. The summed E-state index contributed by atoms with van der Waals surface area (Å²) in [6, 6.07) is 3.94. The lowest BCUT2D eigenvalue weighted by Gasteiger charge is -2.35. The van der Waals surface area contributed by atoms with Crippen LogP contribution in [0.5, 0.6) is 5.75 Å². The monoisotopic (exact) mass is 414 g/mol. The molecule has 2 rings (SSSR count). The van der Waals surface area contributed by atoms with Crippen LogP contribution in [0, 0.1) is 0 Å². The molecule has 1 aliphatic heterocycles. The van der Waals surface area contributed by atoms with Gasteiger partial charge in [-0.25, -0.2) is 17.5 Å². The molecule has 28 heavy (non-hydrogen) atoms. The Kier molecular flexibility index (Phi) is 7.02. The molecule has 0 aliphatic carbocycles. The van der Waals surface area contributed by atoms with Crippen LogP contribution in [0.15, 0.2) is 23.1 Å². The average Bonchev–Trinajstić information content (AvgIpc) is 2.64. The van der Waals surface area contributed by atoms with E-state index in [1.165, 1.54) is 39.4 Å². The highest BCUT2D eigenvalue weighted by molar-refractivity contribution is 7.89. The summed E-state index contributed by atoms with van der Waals surface area (Å²) in [6.45, 7) is 4.15. The first kappa shape index (κ1) is 22.1. The molecule has 0 saturated carbocycles. The molecule has 0 aromatic heterocycles. The van der Waals surface area contributed by atoms with E-state index >= 15 is 0 Å². The number of methoxy groups -OCH3 is 1. The van der Waals surface area contributed by atoms with Crippen molar-refractivity contribution in [3.05, 3.63) is 23.8 Å². The molecule has 1 aromatic rings. The van der Waals surface area contributed by atoms with E-state index in [1.54, 1.807) is 4.90 Å². The van der Waals surface area contributed by atoms with Gasteiger partial charge in [0.1, 0.15) is 10.6 Å². The predicted molar refractivity (Wildman–Crippen MR) is 101 cm³/mol. The standard InChI is InChI=1S/C18H26N2O7S/c1-12-9-20(10-13(2)27-12)17(21)11-26-18(22)14-6-7-15(25-5)16(8-14)28(23,24)19(3)4/h6-8,12-13H,9-11H2,1-5H3/t12-,13+. The third-order valence-corrected chi connectivity index (χ3v) is 6.09. The molecule has 1 amide bonds. The van der Waals surface area contributed by atoms with Gasteiger partial charge in [-0.3, -0.25) is 4.79 Å². The molecular formula is C18H26N2O7S. The van der Waals surface area contributed by atoms with Crippen LogP contribution in [-0.2, 0) is 24.3 Å². The second-order valence-electron chi connectivity index (χ2n) is 6.79. The van der Waals surface area contributed by atoms with E-state index in [1.807, 2.05) is 13.8 Å². The number of carbonyl (C=O) groups excluding carboxylic acids is 2. The zero-order valence-electron chi connectivity index (χ0n) is 16.7. The van der Waals surface area contributed by atoms with Gasteiger partial charge in [-0.05, 0) is 32.0 Å². The first-order valence-corrected chi connectivity index (χ1v) is 10.2. The molecule has 1 aliphatic rings. The number of carbonyl (C=O) groups is 2. The molecule has 1 aromatic carbocycles. The van der Waals surface area contributed by atoms with E-state index in [9.17, 15) is 18.0 Å². The summed E-state index contributed by atoms with van der Waals surface area (Å²) < 4.78 is 41.7. The predicted octanol–water partition coefficient (Wildman–Crippen LogP) is 0.738. The fraction of sp³-hybridized carbons (Fsp3) is 0.556. The molecule has 9 nitrogen and oxygen atoms in total. The maximum atomic E-state index is 12.4. The van der Waals surface area contributed by atoms with Crippen LogP contribution in [0.25, 0.3) is 0 Å².